The van der Waals surface area contributed by atoms with Gasteiger partial charge in [-0.05, 0) is 18.9 Å². The van der Waals surface area contributed by atoms with Gasteiger partial charge in [0.05, 0.1) is 11.8 Å². The highest BCUT2D eigenvalue weighted by molar-refractivity contribution is 7.89. The third-order valence-corrected chi connectivity index (χ3v) is 3.53. The van der Waals surface area contributed by atoms with Crippen molar-refractivity contribution in [2.24, 2.45) is 0 Å². The smallest absolute Gasteiger partial charge is 0.218 e. The summed E-state index contributed by atoms with van der Waals surface area (Å²) in [6.45, 7) is 1.52. The Hall–Kier alpha value is -1.20. The predicted molar refractivity (Wildman–Crippen MR) is 62.2 cm³/mol. The van der Waals surface area contributed by atoms with Gasteiger partial charge in [0.15, 0.2) is 0 Å². The molecule has 1 aromatic carbocycles. The first kappa shape index (κ1) is 12.9. The Balaban J connectivity index is 2.67. The standard InChI is InChI=1S/C11H14NO3S/c1-2-16(14,15)12-11(9-13)8-10-6-4-3-5-7-10/h3-7,11-12H,2,8H2,1H3/t11-/m1/s1. The van der Waals surface area contributed by atoms with Crippen LogP contribution in [0.1, 0.15) is 12.5 Å². The molecule has 0 spiro atoms. The second-order valence-electron chi connectivity index (χ2n) is 3.38. The number of benzene rings is 1. The van der Waals surface area contributed by atoms with Gasteiger partial charge in [-0.25, -0.2) is 13.1 Å². The molecule has 1 rings (SSSR count). The van der Waals surface area contributed by atoms with E-state index in [0.29, 0.717) is 6.42 Å². The molecule has 4 nitrogen and oxygen atoms in total. The lowest BCUT2D eigenvalue weighted by molar-refractivity contribution is 0.526. The Morgan fingerprint density at radius 1 is 1.31 bits per heavy atom. The summed E-state index contributed by atoms with van der Waals surface area (Å²) in [6.07, 6.45) is 2.02. The van der Waals surface area contributed by atoms with Gasteiger partial charge in [0, 0.05) is 0 Å². The minimum absolute atomic E-state index is 0.0417. The summed E-state index contributed by atoms with van der Waals surface area (Å²) in [4.78, 5) is 10.7. The van der Waals surface area contributed by atoms with Crippen LogP contribution in [0.3, 0.4) is 0 Å². The van der Waals surface area contributed by atoms with Gasteiger partial charge in [-0.3, -0.25) is 4.79 Å². The molecule has 0 heterocycles. The van der Waals surface area contributed by atoms with Crippen LogP contribution in [0.15, 0.2) is 30.3 Å². The number of sulfonamides is 1. The van der Waals surface area contributed by atoms with E-state index in [2.05, 4.69) is 4.72 Å². The summed E-state index contributed by atoms with van der Waals surface area (Å²) in [5, 5.41) is 0. The molecular formula is C11H14NO3S. The van der Waals surface area contributed by atoms with Crippen molar-refractivity contribution < 1.29 is 13.2 Å². The van der Waals surface area contributed by atoms with E-state index in [-0.39, 0.29) is 5.75 Å². The quantitative estimate of drug-likeness (QED) is 0.794. The molecule has 0 unspecified atom stereocenters. The van der Waals surface area contributed by atoms with Crippen molar-refractivity contribution in [2.75, 3.05) is 5.75 Å². The second-order valence-corrected chi connectivity index (χ2v) is 5.42. The van der Waals surface area contributed by atoms with E-state index >= 15 is 0 Å². The number of nitrogens with one attached hydrogen (secondary N) is 1. The van der Waals surface area contributed by atoms with Crippen LogP contribution in [0.25, 0.3) is 0 Å². The Labute approximate surface area is 95.7 Å². The summed E-state index contributed by atoms with van der Waals surface area (Å²) in [5.74, 6) is -0.0417. The normalized spacial score (nSPS) is 13.3. The van der Waals surface area contributed by atoms with E-state index in [1.807, 2.05) is 30.3 Å². The van der Waals surface area contributed by atoms with Gasteiger partial charge in [0.1, 0.15) is 0 Å². The zero-order valence-corrected chi connectivity index (χ0v) is 9.83. The molecule has 87 valence electrons. The van der Waals surface area contributed by atoms with Crippen molar-refractivity contribution in [3.63, 3.8) is 0 Å². The Morgan fingerprint density at radius 3 is 2.44 bits per heavy atom. The van der Waals surface area contributed by atoms with Crippen molar-refractivity contribution >= 4 is 16.3 Å². The van der Waals surface area contributed by atoms with E-state index in [1.54, 1.807) is 6.29 Å². The Kier molecular flexibility index (Phi) is 4.64. The largest absolute Gasteiger partial charge is 0.289 e. The zero-order valence-electron chi connectivity index (χ0n) is 9.01. The first-order valence-electron chi connectivity index (χ1n) is 4.99. The maximum atomic E-state index is 11.3. The third-order valence-electron chi connectivity index (χ3n) is 2.13. The van der Waals surface area contributed by atoms with Crippen LogP contribution >= 0.6 is 0 Å². The monoisotopic (exact) mass is 240 g/mol. The van der Waals surface area contributed by atoms with Crippen molar-refractivity contribution in [1.82, 2.24) is 4.72 Å². The van der Waals surface area contributed by atoms with E-state index in [1.165, 1.54) is 6.92 Å². The molecule has 0 aliphatic heterocycles. The third kappa shape index (κ3) is 4.12. The molecule has 0 aromatic heterocycles. The molecule has 0 amide bonds. The molecule has 0 aliphatic carbocycles. The number of hydrogen-bond acceptors (Lipinski definition) is 3. The lowest BCUT2D eigenvalue weighted by Crippen LogP contribution is -2.38. The molecular weight excluding hydrogens is 226 g/mol. The summed E-state index contributed by atoms with van der Waals surface area (Å²) in [5.41, 5.74) is 0.898. The molecule has 5 heteroatoms. The summed E-state index contributed by atoms with van der Waals surface area (Å²) in [6, 6.07) is 8.40. The molecule has 0 saturated carbocycles. The van der Waals surface area contributed by atoms with Crippen LogP contribution < -0.4 is 4.72 Å². The van der Waals surface area contributed by atoms with Gasteiger partial charge in [0.25, 0.3) is 0 Å². The molecule has 0 saturated heterocycles. The zero-order chi connectivity index (χ0) is 12.0. The fourth-order valence-corrected chi connectivity index (χ4v) is 1.99. The van der Waals surface area contributed by atoms with E-state index < -0.39 is 16.1 Å². The maximum Gasteiger partial charge on any atom is 0.218 e. The summed E-state index contributed by atoms with van der Waals surface area (Å²) < 4.78 is 24.8. The molecule has 1 N–H and O–H groups in total. The van der Waals surface area contributed by atoms with Gasteiger partial charge >= 0.3 is 0 Å². The fraction of sp³-hybridized carbons (Fsp3) is 0.364. The number of hydrogen-bond donors (Lipinski definition) is 1. The van der Waals surface area contributed by atoms with Crippen molar-refractivity contribution in [2.45, 2.75) is 19.4 Å². The second kappa shape index (κ2) is 5.77. The van der Waals surface area contributed by atoms with Crippen LogP contribution in [0.4, 0.5) is 0 Å². The van der Waals surface area contributed by atoms with Gasteiger partial charge in [0.2, 0.25) is 16.3 Å². The molecule has 0 fully saturated rings. The van der Waals surface area contributed by atoms with Crippen molar-refractivity contribution in [1.29, 1.82) is 0 Å². The average Bonchev–Trinajstić information content (AvgIpc) is 2.29. The van der Waals surface area contributed by atoms with Crippen molar-refractivity contribution in [3.05, 3.63) is 35.9 Å². The number of carbonyl (C=O) groups excluding carboxylic acids is 1. The lowest BCUT2D eigenvalue weighted by atomic mass is 10.1. The average molecular weight is 240 g/mol. The molecule has 1 aromatic rings. The van der Waals surface area contributed by atoms with E-state index in [4.69, 9.17) is 0 Å². The van der Waals surface area contributed by atoms with Gasteiger partial charge in [-0.1, -0.05) is 30.3 Å². The highest BCUT2D eigenvalue weighted by Crippen LogP contribution is 2.02. The Bertz CT molecular complexity index is 428. The lowest BCUT2D eigenvalue weighted by Gasteiger charge is -2.11. The molecule has 1 radical (unpaired) electrons. The highest BCUT2D eigenvalue weighted by Gasteiger charge is 2.16. The van der Waals surface area contributed by atoms with Crippen LogP contribution in [0.5, 0.6) is 0 Å². The highest BCUT2D eigenvalue weighted by atomic mass is 32.2. The van der Waals surface area contributed by atoms with Crippen molar-refractivity contribution in [3.8, 4) is 0 Å². The minimum atomic E-state index is -3.36. The molecule has 0 bridgehead atoms. The first-order chi connectivity index (χ1) is 7.57. The van der Waals surface area contributed by atoms with Crippen LogP contribution in [-0.4, -0.2) is 26.5 Å². The maximum absolute atomic E-state index is 11.3. The van der Waals surface area contributed by atoms with Crippen LogP contribution in [0.2, 0.25) is 0 Å². The summed E-state index contributed by atoms with van der Waals surface area (Å²) in [7, 11) is -3.36. The number of rotatable bonds is 6. The van der Waals surface area contributed by atoms with E-state index in [9.17, 15) is 13.2 Å². The molecule has 16 heavy (non-hydrogen) atoms. The minimum Gasteiger partial charge on any atom is -0.289 e. The molecule has 1 atom stereocenters. The van der Waals surface area contributed by atoms with Gasteiger partial charge in [-0.2, -0.15) is 0 Å². The Morgan fingerprint density at radius 2 is 1.94 bits per heavy atom. The van der Waals surface area contributed by atoms with Crippen LogP contribution in [0, 0.1) is 0 Å². The SMILES string of the molecule is CCS(=O)(=O)N[C@@H]([C]=O)Cc1ccccc1. The van der Waals surface area contributed by atoms with E-state index in [0.717, 1.165) is 5.56 Å². The van der Waals surface area contributed by atoms with Gasteiger partial charge < -0.3 is 0 Å². The van der Waals surface area contributed by atoms with Crippen LogP contribution in [-0.2, 0) is 21.2 Å². The predicted octanol–water partition coefficient (Wildman–Crippen LogP) is 0.647. The fourth-order valence-electron chi connectivity index (χ4n) is 1.26. The first-order valence-corrected chi connectivity index (χ1v) is 6.64. The molecule has 0 aliphatic rings. The summed E-state index contributed by atoms with van der Waals surface area (Å²) >= 11 is 0. The van der Waals surface area contributed by atoms with Gasteiger partial charge in [-0.15, -0.1) is 0 Å². The topological polar surface area (TPSA) is 63.2 Å².